The summed E-state index contributed by atoms with van der Waals surface area (Å²) < 4.78 is 34.5. The molecule has 0 rings (SSSR count). The van der Waals surface area contributed by atoms with Gasteiger partial charge in [-0.05, 0) is 96.3 Å². The van der Waals surface area contributed by atoms with E-state index in [2.05, 4.69) is 111 Å². The fourth-order valence-corrected chi connectivity index (χ4v) is 14.4. The van der Waals surface area contributed by atoms with Crippen LogP contribution in [0.5, 0.6) is 0 Å². The van der Waals surface area contributed by atoms with Crippen LogP contribution in [0.15, 0.2) is 97.2 Å². The standard InChI is InChI=1S/C96H176NO8P/c1-6-8-10-12-14-16-18-20-22-24-26-28-30-32-34-36-38-40-42-44-46-48-50-52-54-56-58-60-62-64-66-68-70-72-74-76-78-80-82-84-86-88-95(98)102-92-94(93-104-106(100,101)103-91-90-97(3,4)5)105-96(99)89-87-85-83-81-79-77-75-73-71-69-67-65-63-61-59-57-55-53-51-49-47-45-43-41-39-37-35-33-31-29-27-25-23-21-19-17-15-13-11-9-7-2/h9,11,15,17,21,23-24,26-27,29,33,35,39,41,45,47,94H,6-8,10,12-14,16,18-20,22,25,28,30-32,34,36-38,40,42-44,46,48-93H2,1-5H3/b11-9-,17-15-,23-21-,26-24-,29-27-,35-33-,41-39-,47-45-. The van der Waals surface area contributed by atoms with Crippen LogP contribution < -0.4 is 4.89 Å². The molecule has 0 spiro atoms. The predicted molar refractivity (Wildman–Crippen MR) is 462 cm³/mol. The van der Waals surface area contributed by atoms with Crippen LogP contribution in [0.4, 0.5) is 0 Å². The van der Waals surface area contributed by atoms with Crippen molar-refractivity contribution in [3.8, 4) is 0 Å². The summed E-state index contributed by atoms with van der Waals surface area (Å²) in [5.74, 6) is -0.811. The Balaban J connectivity index is 3.86. The normalized spacial score (nSPS) is 13.4. The molecule has 0 saturated carbocycles. The zero-order chi connectivity index (χ0) is 76.8. The van der Waals surface area contributed by atoms with E-state index in [1.165, 1.54) is 334 Å². The Hall–Kier alpha value is -3.07. The second kappa shape index (κ2) is 85.9. The molecule has 9 nitrogen and oxygen atoms in total. The van der Waals surface area contributed by atoms with Crippen LogP contribution >= 0.6 is 7.82 Å². The van der Waals surface area contributed by atoms with Gasteiger partial charge in [-0.15, -0.1) is 0 Å². The number of hydrogen-bond acceptors (Lipinski definition) is 8. The van der Waals surface area contributed by atoms with Crippen LogP contribution in [-0.2, 0) is 32.7 Å². The molecule has 0 saturated heterocycles. The average Bonchev–Trinajstić information content (AvgIpc) is 0.908. The second-order valence-corrected chi connectivity index (χ2v) is 33.7. The number of carbonyl (C=O) groups is 2. The van der Waals surface area contributed by atoms with Crippen molar-refractivity contribution >= 4 is 19.8 Å². The first-order valence-electron chi connectivity index (χ1n) is 45.9. The molecule has 0 heterocycles. The monoisotopic (exact) mass is 1500 g/mol. The number of unbranched alkanes of at least 4 members (excludes halogenated alkanes) is 56. The largest absolute Gasteiger partial charge is 0.756 e. The molecule has 2 unspecified atom stereocenters. The van der Waals surface area contributed by atoms with Gasteiger partial charge in [0.15, 0.2) is 6.10 Å². The van der Waals surface area contributed by atoms with E-state index < -0.39 is 26.5 Å². The Bertz CT molecular complexity index is 2120. The molecule has 0 fully saturated rings. The highest BCUT2D eigenvalue weighted by atomic mass is 31.2. The number of ether oxygens (including phenoxy) is 2. The average molecular weight is 1500 g/mol. The Morgan fingerprint density at radius 3 is 0.811 bits per heavy atom. The molecule has 0 bridgehead atoms. The highest BCUT2D eigenvalue weighted by molar-refractivity contribution is 7.45. The Morgan fingerprint density at radius 1 is 0.302 bits per heavy atom. The molecule has 0 amide bonds. The van der Waals surface area contributed by atoms with Gasteiger partial charge in [0.05, 0.1) is 27.7 Å². The first kappa shape index (κ1) is 103. The lowest BCUT2D eigenvalue weighted by Gasteiger charge is -2.28. The summed E-state index contributed by atoms with van der Waals surface area (Å²) in [4.78, 5) is 38.3. The lowest BCUT2D eigenvalue weighted by Crippen LogP contribution is -2.37. The Morgan fingerprint density at radius 2 is 0.538 bits per heavy atom. The predicted octanol–water partition coefficient (Wildman–Crippen LogP) is 30.7. The molecule has 0 aliphatic heterocycles. The molecular weight excluding hydrogens is 1330 g/mol. The van der Waals surface area contributed by atoms with Gasteiger partial charge < -0.3 is 27.9 Å². The zero-order valence-corrected chi connectivity index (χ0v) is 71.8. The van der Waals surface area contributed by atoms with Gasteiger partial charge in [0.25, 0.3) is 7.82 Å². The van der Waals surface area contributed by atoms with E-state index in [0.29, 0.717) is 17.4 Å². The van der Waals surface area contributed by atoms with E-state index in [0.717, 1.165) is 83.5 Å². The van der Waals surface area contributed by atoms with Gasteiger partial charge in [-0.25, -0.2) is 0 Å². The quantitative estimate of drug-likeness (QED) is 0.0195. The van der Waals surface area contributed by atoms with Crippen molar-refractivity contribution in [2.75, 3.05) is 47.5 Å². The van der Waals surface area contributed by atoms with Crippen molar-refractivity contribution in [1.29, 1.82) is 0 Å². The number of likely N-dealkylation sites (N-methyl/N-ethyl adjacent to an activating group) is 1. The third-order valence-electron chi connectivity index (χ3n) is 20.6. The third-order valence-corrected chi connectivity index (χ3v) is 21.6. The van der Waals surface area contributed by atoms with Crippen LogP contribution in [-0.4, -0.2) is 70.0 Å². The maximum atomic E-state index is 12.9. The third kappa shape index (κ3) is 89.8. The summed E-state index contributed by atoms with van der Waals surface area (Å²) >= 11 is 0. The van der Waals surface area contributed by atoms with E-state index in [4.69, 9.17) is 18.5 Å². The van der Waals surface area contributed by atoms with Gasteiger partial charge in [0.1, 0.15) is 19.8 Å². The van der Waals surface area contributed by atoms with Gasteiger partial charge in [-0.2, -0.15) is 0 Å². The number of phosphoric ester groups is 1. The van der Waals surface area contributed by atoms with Crippen molar-refractivity contribution < 1.29 is 42.1 Å². The fourth-order valence-electron chi connectivity index (χ4n) is 13.6. The molecule has 2 atom stereocenters. The smallest absolute Gasteiger partial charge is 0.306 e. The van der Waals surface area contributed by atoms with Crippen LogP contribution in [0.2, 0.25) is 0 Å². The summed E-state index contributed by atoms with van der Waals surface area (Å²) in [6.45, 7) is 4.19. The minimum absolute atomic E-state index is 0.0299. The number of nitrogens with zero attached hydrogens (tertiary/aromatic N) is 1. The lowest BCUT2D eigenvalue weighted by molar-refractivity contribution is -0.870. The van der Waals surface area contributed by atoms with Crippen LogP contribution in [0, 0.1) is 0 Å². The highest BCUT2D eigenvalue weighted by Crippen LogP contribution is 2.38. The van der Waals surface area contributed by atoms with Crippen molar-refractivity contribution in [3.05, 3.63) is 97.2 Å². The lowest BCUT2D eigenvalue weighted by atomic mass is 10.0. The topological polar surface area (TPSA) is 111 Å². The van der Waals surface area contributed by atoms with Crippen molar-refractivity contribution in [2.24, 2.45) is 0 Å². The molecule has 0 N–H and O–H groups in total. The van der Waals surface area contributed by atoms with Gasteiger partial charge in [0, 0.05) is 12.8 Å². The summed E-state index contributed by atoms with van der Waals surface area (Å²) in [5.41, 5.74) is 0. The van der Waals surface area contributed by atoms with Crippen molar-refractivity contribution in [1.82, 2.24) is 0 Å². The van der Waals surface area contributed by atoms with Gasteiger partial charge >= 0.3 is 11.9 Å². The van der Waals surface area contributed by atoms with Crippen LogP contribution in [0.3, 0.4) is 0 Å². The Kier molecular flexibility index (Phi) is 83.4. The summed E-state index contributed by atoms with van der Waals surface area (Å²) in [7, 11) is 1.19. The minimum Gasteiger partial charge on any atom is -0.756 e. The van der Waals surface area contributed by atoms with Gasteiger partial charge in [-0.1, -0.05) is 439 Å². The summed E-state index contributed by atoms with van der Waals surface area (Å²) in [6, 6.07) is 0. The van der Waals surface area contributed by atoms with Gasteiger partial charge in [-0.3, -0.25) is 14.2 Å². The summed E-state index contributed by atoms with van der Waals surface area (Å²) in [6.07, 6.45) is 122. The van der Waals surface area contributed by atoms with E-state index in [1.54, 1.807) is 0 Å². The van der Waals surface area contributed by atoms with E-state index in [1.807, 2.05) is 21.1 Å². The molecule has 0 aromatic heterocycles. The van der Waals surface area contributed by atoms with E-state index in [9.17, 15) is 19.0 Å². The van der Waals surface area contributed by atoms with E-state index >= 15 is 0 Å². The second-order valence-electron chi connectivity index (χ2n) is 32.3. The van der Waals surface area contributed by atoms with Gasteiger partial charge in [0.2, 0.25) is 0 Å². The first-order valence-corrected chi connectivity index (χ1v) is 47.4. The molecule has 0 aromatic carbocycles. The number of allylic oxidation sites excluding steroid dienone is 16. The number of carbonyl (C=O) groups excluding carboxylic acids is 2. The summed E-state index contributed by atoms with van der Waals surface area (Å²) in [5, 5.41) is 0. The number of quaternary nitrogens is 1. The number of esters is 2. The van der Waals surface area contributed by atoms with Crippen molar-refractivity contribution in [2.45, 2.75) is 457 Å². The maximum Gasteiger partial charge on any atom is 0.306 e. The molecule has 0 radical (unpaired) electrons. The minimum atomic E-state index is -4.65. The molecule has 618 valence electrons. The number of phosphoric acid groups is 1. The van der Waals surface area contributed by atoms with E-state index in [-0.39, 0.29) is 32.0 Å². The highest BCUT2D eigenvalue weighted by Gasteiger charge is 2.22. The number of rotatable bonds is 86. The zero-order valence-electron chi connectivity index (χ0n) is 70.9. The molecule has 10 heteroatoms. The molecule has 0 aliphatic rings. The number of hydrogen-bond donors (Lipinski definition) is 0. The Labute approximate surface area is 659 Å². The molecule has 0 aliphatic carbocycles. The maximum absolute atomic E-state index is 12.9. The first-order chi connectivity index (χ1) is 52.0. The fraction of sp³-hybridized carbons (Fsp3) is 0.812. The van der Waals surface area contributed by atoms with Crippen LogP contribution in [0.1, 0.15) is 450 Å². The molecule has 0 aromatic rings. The molecular formula is C96H176NO8P. The SMILES string of the molecule is CC/C=C\C/C=C\C/C=C\C/C=C\C/C=C\C/C=C\C/C=C\CCCCCCCCCCCCCCCCCCCCCC(=O)OC(COC(=O)CCCCCCCCCCCCCCCCCCCCCCCCCCCCCCC/C=C\CCCCCCCCCC)COP(=O)([O-])OCC[N+](C)(C)C. The van der Waals surface area contributed by atoms with Crippen LogP contribution in [0.25, 0.3) is 0 Å². The molecule has 106 heavy (non-hydrogen) atoms. The van der Waals surface area contributed by atoms with Crippen molar-refractivity contribution in [3.63, 3.8) is 0 Å².